The van der Waals surface area contributed by atoms with Gasteiger partial charge in [0, 0.05) is 60.5 Å². The third-order valence-electron chi connectivity index (χ3n) is 22.4. The van der Waals surface area contributed by atoms with Crippen LogP contribution in [0.2, 0.25) is 0 Å². The first-order chi connectivity index (χ1) is 53.3. The molecule has 0 bridgehead atoms. The summed E-state index contributed by atoms with van der Waals surface area (Å²) in [6.45, 7) is 18.5. The van der Waals surface area contributed by atoms with Gasteiger partial charge >= 0.3 is 0 Å². The summed E-state index contributed by atoms with van der Waals surface area (Å²) in [5, 5.41) is 20.1. The van der Waals surface area contributed by atoms with Gasteiger partial charge in [0.2, 0.25) is 0 Å². The maximum atomic E-state index is 7.09. The van der Waals surface area contributed by atoms with Crippen molar-refractivity contribution < 1.29 is 17.7 Å². The summed E-state index contributed by atoms with van der Waals surface area (Å²) in [6.07, 6.45) is 32.8. The van der Waals surface area contributed by atoms with Gasteiger partial charge < -0.3 is 17.7 Å². The van der Waals surface area contributed by atoms with Gasteiger partial charge in [-0.05, 0) is 218 Å². The summed E-state index contributed by atoms with van der Waals surface area (Å²) in [7, 11) is 0. The fourth-order valence-electron chi connectivity index (χ4n) is 17.4. The second-order valence-electron chi connectivity index (χ2n) is 28.4. The molecule has 2 unspecified atom stereocenters. The lowest BCUT2D eigenvalue weighted by molar-refractivity contribution is 0.667. The van der Waals surface area contributed by atoms with Crippen molar-refractivity contribution in [1.29, 1.82) is 0 Å². The van der Waals surface area contributed by atoms with E-state index in [1.54, 1.807) is 0 Å². The molecule has 0 N–H and O–H groups in total. The number of hydrogen-bond donors (Lipinski definition) is 0. The van der Waals surface area contributed by atoms with Gasteiger partial charge in [0.15, 0.2) is 0 Å². The summed E-state index contributed by atoms with van der Waals surface area (Å²) in [4.78, 5) is 0. The van der Waals surface area contributed by atoms with Crippen molar-refractivity contribution in [3.63, 3.8) is 0 Å². The van der Waals surface area contributed by atoms with Crippen molar-refractivity contribution in [1.82, 2.24) is 0 Å². The highest BCUT2D eigenvalue weighted by Crippen LogP contribution is 2.46. The molecule has 0 fully saturated rings. The van der Waals surface area contributed by atoms with Crippen LogP contribution in [0.5, 0.6) is 0 Å². The summed E-state index contributed by atoms with van der Waals surface area (Å²) >= 11 is 0. The molecular formula is C104H70O4. The molecule has 108 heavy (non-hydrogen) atoms. The molecule has 18 aromatic rings. The molecule has 0 radical (unpaired) electrons. The summed E-state index contributed by atoms with van der Waals surface area (Å²) < 4.78 is 26.5. The second kappa shape index (κ2) is 26.1. The van der Waals surface area contributed by atoms with Gasteiger partial charge in [-0.15, -0.1) is 6.58 Å². The fourth-order valence-corrected chi connectivity index (χ4v) is 17.4. The third-order valence-corrected chi connectivity index (χ3v) is 22.4. The van der Waals surface area contributed by atoms with Gasteiger partial charge in [-0.1, -0.05) is 281 Å². The quantitative estimate of drug-likeness (QED) is 0.0853. The Morgan fingerprint density at radius 1 is 0.389 bits per heavy atom. The van der Waals surface area contributed by atoms with Gasteiger partial charge in [0.05, 0.1) is 0 Å². The van der Waals surface area contributed by atoms with Crippen molar-refractivity contribution in [2.24, 2.45) is 11.8 Å². The normalized spacial score (nSPS) is 14.6. The van der Waals surface area contributed by atoms with E-state index in [1.165, 1.54) is 32.3 Å². The third kappa shape index (κ3) is 10.6. The summed E-state index contributed by atoms with van der Waals surface area (Å²) in [5.41, 5.74) is 21.9. The van der Waals surface area contributed by atoms with E-state index in [-0.39, 0.29) is 11.8 Å². The molecule has 4 nitrogen and oxygen atoms in total. The average Bonchev–Trinajstić information content (AvgIpc) is 1.69. The molecule has 14 aromatic carbocycles. The van der Waals surface area contributed by atoms with Crippen LogP contribution in [0.15, 0.2) is 347 Å². The van der Waals surface area contributed by atoms with Gasteiger partial charge in [0.1, 0.15) is 44.7 Å². The zero-order chi connectivity index (χ0) is 72.1. The Morgan fingerprint density at radius 2 is 0.981 bits per heavy atom. The van der Waals surface area contributed by atoms with Crippen molar-refractivity contribution in [3.05, 3.63) is 374 Å². The lowest BCUT2D eigenvalue weighted by Crippen LogP contribution is -2.35. The minimum absolute atomic E-state index is 0.0669. The Kier molecular flexibility index (Phi) is 15.4. The van der Waals surface area contributed by atoms with Gasteiger partial charge in [-0.3, -0.25) is 0 Å². The molecule has 4 heterocycles. The largest absolute Gasteiger partial charge is 0.456 e. The van der Waals surface area contributed by atoms with Crippen molar-refractivity contribution in [3.8, 4) is 33.4 Å². The van der Waals surface area contributed by atoms with Crippen molar-refractivity contribution in [2.45, 2.75) is 12.8 Å². The molecule has 0 saturated heterocycles. The Balaban J connectivity index is 0.665. The Morgan fingerprint density at radius 3 is 1.78 bits per heavy atom. The van der Waals surface area contributed by atoms with E-state index in [9.17, 15) is 0 Å². The first-order valence-electron chi connectivity index (χ1n) is 37.1. The predicted octanol–water partition coefficient (Wildman–Crippen LogP) is 28.0. The molecule has 0 aliphatic heterocycles. The second-order valence-corrected chi connectivity index (χ2v) is 28.4. The average molecular weight is 1380 g/mol. The highest BCUT2D eigenvalue weighted by molar-refractivity contribution is 6.25. The Hall–Kier alpha value is -13.8. The lowest BCUT2D eigenvalue weighted by Gasteiger charge is -2.29. The molecule has 0 saturated carbocycles. The first-order valence-corrected chi connectivity index (χ1v) is 37.1. The monoisotopic (exact) mass is 1380 g/mol. The minimum Gasteiger partial charge on any atom is -0.456 e. The predicted molar refractivity (Wildman–Crippen MR) is 461 cm³/mol. The smallest absolute Gasteiger partial charge is 0.142 e. The number of hydrogen-bond acceptors (Lipinski definition) is 4. The Bertz CT molecular complexity index is 7330. The van der Waals surface area contributed by atoms with Crippen molar-refractivity contribution in [2.75, 3.05) is 0 Å². The molecule has 2 aliphatic carbocycles. The van der Waals surface area contributed by atoms with E-state index >= 15 is 0 Å². The van der Waals surface area contributed by atoms with Crippen LogP contribution in [0.1, 0.15) is 46.2 Å². The zero-order valence-corrected chi connectivity index (χ0v) is 59.4. The number of allylic oxidation sites excluding steroid dienone is 10. The highest BCUT2D eigenvalue weighted by atomic mass is 16.3. The molecule has 4 heteroatoms. The van der Waals surface area contributed by atoms with E-state index < -0.39 is 0 Å². The maximum Gasteiger partial charge on any atom is 0.142 e. The summed E-state index contributed by atoms with van der Waals surface area (Å²) in [6, 6.07) is 90.6. The number of para-hydroxylation sites is 2. The van der Waals surface area contributed by atoms with Crippen LogP contribution in [0, 0.1) is 11.8 Å². The number of benzene rings is 13. The van der Waals surface area contributed by atoms with E-state index in [2.05, 4.69) is 323 Å². The minimum atomic E-state index is -0.0999. The van der Waals surface area contributed by atoms with Crippen LogP contribution >= 0.6 is 0 Å². The first kappa shape index (κ1) is 63.9. The van der Waals surface area contributed by atoms with Crippen LogP contribution in [0.25, 0.3) is 212 Å². The lowest BCUT2D eigenvalue weighted by atomic mass is 9.74. The number of furan rings is 4. The molecule has 510 valence electrons. The molecular weight excluding hydrogens is 1310 g/mol. The molecule has 2 aliphatic rings. The topological polar surface area (TPSA) is 52.6 Å². The Labute approximate surface area is 623 Å². The molecule has 0 amide bonds. The molecule has 2 atom stereocenters. The van der Waals surface area contributed by atoms with E-state index in [4.69, 9.17) is 24.2 Å². The van der Waals surface area contributed by atoms with Crippen LogP contribution in [-0.2, 0) is 0 Å². The molecule has 0 spiro atoms. The number of fused-ring (bicyclic) bond motifs is 19. The van der Waals surface area contributed by atoms with Crippen LogP contribution in [0.3, 0.4) is 0 Å². The van der Waals surface area contributed by atoms with Gasteiger partial charge in [-0.2, -0.15) is 0 Å². The SMILES string of the molecule is C=Cc1c(C=C)c(-c2cccc(-c3ccc4oc5ccc6cc7c(cc6c5c4c3)oc3ccccc37)c2)c2c(c1C1=CC=CC(/C=C/c3cc(/C=C/C=C\C(=C)c4ccccccc(-c5cccc6ccccc56)c5ccccc45)cc4c3oc3ccc5cc6oc7ccccc7c6cc5c34)C1C=C)=CCCC=2. The standard InChI is InChI=1S/C104H70O4/c1-5-73-66(31-26-44-84(73)101-75(7-3)74(6-2)100(85-41-18-19-42-86(85)101)71-33-24-32-67(57-71)68-49-52-95-91(58-68)102-88-62-99-89(59-69(88)50-53-96(102)105-95)82-39-20-22-45-93(82)107-99)47-48-72-55-64(56-92-103-87-61-90-83-40-21-23-46-94(83)106-98(90)60-70(87)51-54-97(103)108-104(72)92)28-13-12-27-63(4)76-34-10-8-9-11-36-81(80-38-17-16-37-78(76)80)79-43-25-30-65-29-14-15-35-77(65)79/h5-17,20-62,66,73H,1-4,18-19H2/b9-8?,10-8?,11-9?,27-12-,28-13+,34-10?,36-11?,48-47+,76-34?,78-76?,81-36?,81-80?. The van der Waals surface area contributed by atoms with Gasteiger partial charge in [-0.25, -0.2) is 0 Å². The van der Waals surface area contributed by atoms with Crippen LogP contribution in [-0.4, -0.2) is 0 Å². The van der Waals surface area contributed by atoms with E-state index in [1.807, 2.05) is 36.4 Å². The fraction of sp³-hybridized carbons (Fsp3) is 0.0385. The summed E-state index contributed by atoms with van der Waals surface area (Å²) in [5.74, 6) is -0.167. The molecule has 4 aromatic heterocycles. The van der Waals surface area contributed by atoms with E-state index in [0.717, 1.165) is 200 Å². The maximum absolute atomic E-state index is 7.09. The van der Waals surface area contributed by atoms with Crippen LogP contribution in [0.4, 0.5) is 0 Å². The zero-order valence-electron chi connectivity index (χ0n) is 59.4. The van der Waals surface area contributed by atoms with Crippen LogP contribution < -0.4 is 10.4 Å². The van der Waals surface area contributed by atoms with E-state index in [0.29, 0.717) is 0 Å². The number of rotatable bonds is 13. The molecule has 20 rings (SSSR count). The van der Waals surface area contributed by atoms with Crippen molar-refractivity contribution >= 4 is 178 Å². The van der Waals surface area contributed by atoms with Gasteiger partial charge in [0.25, 0.3) is 0 Å². The highest BCUT2D eigenvalue weighted by Gasteiger charge is 2.28.